The Morgan fingerprint density at radius 2 is 2.36 bits per heavy atom. The molecule has 0 aliphatic heterocycles. The number of rotatable bonds is 2. The first-order valence-electron chi connectivity index (χ1n) is 4.02. The van der Waals surface area contributed by atoms with Gasteiger partial charge in [-0.05, 0) is 18.4 Å². The molecule has 0 aliphatic rings. The molecule has 2 aromatic rings. The van der Waals surface area contributed by atoms with Crippen molar-refractivity contribution < 1.29 is 5.11 Å². The molecule has 2 nitrogen and oxygen atoms in total. The minimum Gasteiger partial charge on any atom is -0.383 e. The summed E-state index contributed by atoms with van der Waals surface area (Å²) < 4.78 is 0.642. The summed E-state index contributed by atoms with van der Waals surface area (Å²) in [6.45, 7) is 1.91. The number of aliphatic hydroxyl groups excluding tert-OH is 1. The summed E-state index contributed by atoms with van der Waals surface area (Å²) in [4.78, 5) is 4.93. The quantitative estimate of drug-likeness (QED) is 0.881. The van der Waals surface area contributed by atoms with E-state index in [2.05, 4.69) is 4.98 Å². The third-order valence-corrected chi connectivity index (χ3v) is 4.01. The third kappa shape index (κ3) is 1.83. The van der Waals surface area contributed by atoms with Crippen molar-refractivity contribution in [1.82, 2.24) is 4.98 Å². The maximum atomic E-state index is 9.97. The van der Waals surface area contributed by atoms with Crippen LogP contribution in [0.15, 0.2) is 17.6 Å². The van der Waals surface area contributed by atoms with E-state index in [-0.39, 0.29) is 0 Å². The Balaban J connectivity index is 2.33. The fourth-order valence-corrected chi connectivity index (χ4v) is 2.92. The summed E-state index contributed by atoms with van der Waals surface area (Å²) >= 11 is 8.85. The van der Waals surface area contributed by atoms with Gasteiger partial charge in [-0.15, -0.1) is 22.7 Å². The fourth-order valence-electron chi connectivity index (χ4n) is 1.16. The van der Waals surface area contributed by atoms with Crippen LogP contribution in [0.25, 0.3) is 0 Å². The summed E-state index contributed by atoms with van der Waals surface area (Å²) in [6.07, 6.45) is 1.05. The Labute approximate surface area is 94.8 Å². The van der Waals surface area contributed by atoms with Crippen molar-refractivity contribution in [3.05, 3.63) is 37.4 Å². The topological polar surface area (TPSA) is 33.1 Å². The van der Waals surface area contributed by atoms with E-state index >= 15 is 0 Å². The van der Waals surface area contributed by atoms with Crippen molar-refractivity contribution in [2.24, 2.45) is 0 Å². The number of thiazole rings is 1. The van der Waals surface area contributed by atoms with Gasteiger partial charge >= 0.3 is 0 Å². The van der Waals surface area contributed by atoms with Crippen LogP contribution in [0.2, 0.25) is 4.34 Å². The van der Waals surface area contributed by atoms with Gasteiger partial charge in [0.25, 0.3) is 0 Å². The Morgan fingerprint density at radius 1 is 1.57 bits per heavy atom. The third-order valence-electron chi connectivity index (χ3n) is 1.85. The lowest BCUT2D eigenvalue weighted by Crippen LogP contribution is -1.95. The molecule has 14 heavy (non-hydrogen) atoms. The molecule has 1 N–H and O–H groups in total. The Kier molecular flexibility index (Phi) is 2.88. The molecule has 0 saturated carbocycles. The van der Waals surface area contributed by atoms with Gasteiger partial charge in [0.15, 0.2) is 0 Å². The molecule has 0 radical (unpaired) electrons. The van der Waals surface area contributed by atoms with E-state index in [0.717, 1.165) is 15.4 Å². The lowest BCUT2D eigenvalue weighted by Gasteiger charge is -2.05. The largest absolute Gasteiger partial charge is 0.383 e. The number of hydrogen-bond acceptors (Lipinski definition) is 4. The molecule has 5 heteroatoms. The second-order valence-electron chi connectivity index (χ2n) is 2.83. The number of hydrogen-bond donors (Lipinski definition) is 1. The van der Waals surface area contributed by atoms with Crippen molar-refractivity contribution in [3.63, 3.8) is 0 Å². The van der Waals surface area contributed by atoms with Gasteiger partial charge in [-0.25, -0.2) is 4.98 Å². The highest BCUT2D eigenvalue weighted by Crippen LogP contribution is 2.34. The standard InChI is InChI=1S/C9H8ClNOS2/c1-5-11-4-7(14-5)8(12)6-2-3-13-9(6)10/h2-4,8,12H,1H3. The van der Waals surface area contributed by atoms with Crippen LogP contribution in [0.3, 0.4) is 0 Å². The second kappa shape index (κ2) is 3.98. The predicted octanol–water partition coefficient (Wildman–Crippen LogP) is 3.25. The van der Waals surface area contributed by atoms with Crippen LogP contribution in [0, 0.1) is 6.92 Å². The molecule has 0 bridgehead atoms. The molecule has 2 aromatic heterocycles. The molecular formula is C9H8ClNOS2. The minimum absolute atomic E-state index is 0.639. The minimum atomic E-state index is -0.639. The highest BCUT2D eigenvalue weighted by Gasteiger charge is 2.16. The number of aryl methyl sites for hydroxylation is 1. The zero-order valence-electron chi connectivity index (χ0n) is 7.40. The van der Waals surface area contributed by atoms with Gasteiger partial charge in [-0.3, -0.25) is 0 Å². The molecule has 0 spiro atoms. The lowest BCUT2D eigenvalue weighted by molar-refractivity contribution is 0.224. The van der Waals surface area contributed by atoms with Gasteiger partial charge in [-0.2, -0.15) is 0 Å². The van der Waals surface area contributed by atoms with Crippen LogP contribution in [0.5, 0.6) is 0 Å². The van der Waals surface area contributed by atoms with Crippen LogP contribution in [0.1, 0.15) is 21.6 Å². The molecule has 0 amide bonds. The van der Waals surface area contributed by atoms with Gasteiger partial charge in [0.05, 0.1) is 14.2 Å². The van der Waals surface area contributed by atoms with Gasteiger partial charge in [0.2, 0.25) is 0 Å². The first-order chi connectivity index (χ1) is 6.68. The maximum absolute atomic E-state index is 9.97. The molecule has 0 aliphatic carbocycles. The average molecular weight is 246 g/mol. The molecule has 0 saturated heterocycles. The number of aromatic nitrogens is 1. The van der Waals surface area contributed by atoms with Crippen molar-refractivity contribution in [3.8, 4) is 0 Å². The SMILES string of the molecule is Cc1ncc(C(O)c2ccsc2Cl)s1. The molecular weight excluding hydrogens is 238 g/mol. The number of thiophene rings is 1. The summed E-state index contributed by atoms with van der Waals surface area (Å²) in [5, 5.41) is 12.8. The Bertz CT molecular complexity index is 437. The van der Waals surface area contributed by atoms with Gasteiger partial charge in [0.1, 0.15) is 6.10 Å². The molecule has 1 unspecified atom stereocenters. The van der Waals surface area contributed by atoms with Gasteiger partial charge in [-0.1, -0.05) is 11.6 Å². The van der Waals surface area contributed by atoms with E-state index < -0.39 is 6.10 Å². The van der Waals surface area contributed by atoms with E-state index in [0.29, 0.717) is 4.34 Å². The summed E-state index contributed by atoms with van der Waals surface area (Å²) in [5.41, 5.74) is 0.764. The van der Waals surface area contributed by atoms with Crippen molar-refractivity contribution >= 4 is 34.3 Å². The summed E-state index contributed by atoms with van der Waals surface area (Å²) in [6, 6.07) is 1.84. The highest BCUT2D eigenvalue weighted by atomic mass is 35.5. The monoisotopic (exact) mass is 245 g/mol. The van der Waals surface area contributed by atoms with E-state index in [1.807, 2.05) is 18.4 Å². The van der Waals surface area contributed by atoms with Crippen molar-refractivity contribution in [1.29, 1.82) is 0 Å². The van der Waals surface area contributed by atoms with Crippen LogP contribution in [-0.4, -0.2) is 10.1 Å². The number of nitrogens with zero attached hydrogens (tertiary/aromatic N) is 1. The normalized spacial score (nSPS) is 13.1. The first kappa shape index (κ1) is 10.1. The molecule has 2 rings (SSSR count). The van der Waals surface area contributed by atoms with E-state index in [1.165, 1.54) is 22.7 Å². The van der Waals surface area contributed by atoms with Crippen LogP contribution < -0.4 is 0 Å². The van der Waals surface area contributed by atoms with Crippen molar-refractivity contribution in [2.75, 3.05) is 0 Å². The van der Waals surface area contributed by atoms with Crippen LogP contribution in [-0.2, 0) is 0 Å². The van der Waals surface area contributed by atoms with E-state index in [9.17, 15) is 5.11 Å². The van der Waals surface area contributed by atoms with E-state index in [4.69, 9.17) is 11.6 Å². The smallest absolute Gasteiger partial charge is 0.117 e. The molecule has 0 aromatic carbocycles. The van der Waals surface area contributed by atoms with E-state index in [1.54, 1.807) is 6.20 Å². The molecule has 74 valence electrons. The molecule has 2 heterocycles. The molecule has 0 fully saturated rings. The molecule has 1 atom stereocenters. The van der Waals surface area contributed by atoms with Crippen molar-refractivity contribution in [2.45, 2.75) is 13.0 Å². The predicted molar refractivity (Wildman–Crippen MR) is 60.2 cm³/mol. The average Bonchev–Trinajstić information content (AvgIpc) is 2.73. The van der Waals surface area contributed by atoms with Crippen LogP contribution >= 0.6 is 34.3 Å². The summed E-state index contributed by atoms with van der Waals surface area (Å²) in [5.74, 6) is 0. The lowest BCUT2D eigenvalue weighted by atomic mass is 10.2. The Hall–Kier alpha value is -0.420. The van der Waals surface area contributed by atoms with Gasteiger partial charge in [0, 0.05) is 11.8 Å². The zero-order chi connectivity index (χ0) is 10.1. The second-order valence-corrected chi connectivity index (χ2v) is 5.62. The van der Waals surface area contributed by atoms with Gasteiger partial charge < -0.3 is 5.11 Å². The highest BCUT2D eigenvalue weighted by molar-refractivity contribution is 7.14. The number of halogens is 1. The first-order valence-corrected chi connectivity index (χ1v) is 6.09. The maximum Gasteiger partial charge on any atom is 0.117 e. The fraction of sp³-hybridized carbons (Fsp3) is 0.222. The summed E-state index contributed by atoms with van der Waals surface area (Å²) in [7, 11) is 0. The van der Waals surface area contributed by atoms with Crippen LogP contribution in [0.4, 0.5) is 0 Å². The zero-order valence-corrected chi connectivity index (χ0v) is 9.79. The number of aliphatic hydroxyl groups is 1. The Morgan fingerprint density at radius 3 is 2.86 bits per heavy atom.